The van der Waals surface area contributed by atoms with Gasteiger partial charge in [0.1, 0.15) is 11.6 Å². The first-order valence-electron chi connectivity index (χ1n) is 8.71. The maximum atomic E-state index is 5.31. The van der Waals surface area contributed by atoms with Crippen LogP contribution in [0.3, 0.4) is 0 Å². The van der Waals surface area contributed by atoms with Gasteiger partial charge in [0.25, 0.3) is 5.88 Å². The summed E-state index contributed by atoms with van der Waals surface area (Å²) in [5.41, 5.74) is 0. The summed E-state index contributed by atoms with van der Waals surface area (Å²) < 4.78 is 7.38. The summed E-state index contributed by atoms with van der Waals surface area (Å²) in [6.07, 6.45) is 5.70. The average Bonchev–Trinajstić information content (AvgIpc) is 2.95. The van der Waals surface area contributed by atoms with Gasteiger partial charge in [-0.2, -0.15) is 0 Å². The molecule has 0 bridgehead atoms. The molecule has 0 spiro atoms. The van der Waals surface area contributed by atoms with Crippen molar-refractivity contribution >= 4 is 5.82 Å². The molecule has 0 N–H and O–H groups in total. The fraction of sp³-hybridized carbons (Fsp3) is 0.647. The summed E-state index contributed by atoms with van der Waals surface area (Å²) >= 11 is 0. The number of methoxy groups -OCH3 is 1. The first-order chi connectivity index (χ1) is 12.1. The van der Waals surface area contributed by atoms with Gasteiger partial charge in [-0.15, -0.1) is 10.2 Å². The van der Waals surface area contributed by atoms with Gasteiger partial charge in [0.15, 0.2) is 5.82 Å². The van der Waals surface area contributed by atoms with Crippen LogP contribution in [0.4, 0.5) is 5.82 Å². The quantitative estimate of drug-likeness (QED) is 0.780. The lowest BCUT2D eigenvalue weighted by Crippen LogP contribution is -2.38. The van der Waals surface area contributed by atoms with Crippen LogP contribution in [-0.4, -0.2) is 63.4 Å². The zero-order valence-electron chi connectivity index (χ0n) is 15.5. The molecule has 25 heavy (non-hydrogen) atoms. The van der Waals surface area contributed by atoms with Crippen molar-refractivity contribution in [2.75, 3.05) is 38.7 Å². The second-order valence-electron chi connectivity index (χ2n) is 6.71. The third-order valence-corrected chi connectivity index (χ3v) is 4.99. The van der Waals surface area contributed by atoms with Crippen molar-refractivity contribution in [1.29, 1.82) is 0 Å². The van der Waals surface area contributed by atoms with Gasteiger partial charge in [-0.05, 0) is 38.8 Å². The highest BCUT2D eigenvalue weighted by Gasteiger charge is 2.23. The molecular weight excluding hydrogens is 318 g/mol. The van der Waals surface area contributed by atoms with Gasteiger partial charge in [-0.1, -0.05) is 0 Å². The third kappa shape index (κ3) is 4.07. The van der Waals surface area contributed by atoms with Gasteiger partial charge in [0.2, 0.25) is 0 Å². The molecule has 136 valence electrons. The van der Waals surface area contributed by atoms with E-state index >= 15 is 0 Å². The number of aromatic nitrogens is 5. The van der Waals surface area contributed by atoms with Gasteiger partial charge in [-0.3, -0.25) is 4.90 Å². The minimum atomic E-state index is 0.583. The van der Waals surface area contributed by atoms with Gasteiger partial charge >= 0.3 is 0 Å². The van der Waals surface area contributed by atoms with Gasteiger partial charge in [-0.25, -0.2) is 9.97 Å². The van der Waals surface area contributed by atoms with Crippen LogP contribution in [-0.2, 0) is 13.6 Å². The van der Waals surface area contributed by atoms with Crippen molar-refractivity contribution in [2.45, 2.75) is 26.3 Å². The fourth-order valence-corrected chi connectivity index (χ4v) is 3.31. The van der Waals surface area contributed by atoms with Gasteiger partial charge < -0.3 is 14.2 Å². The molecule has 1 fully saturated rings. The van der Waals surface area contributed by atoms with Crippen molar-refractivity contribution in [1.82, 2.24) is 29.6 Å². The summed E-state index contributed by atoms with van der Waals surface area (Å²) in [6.45, 7) is 5.99. The van der Waals surface area contributed by atoms with E-state index in [-0.39, 0.29) is 0 Å². The number of rotatable bonds is 6. The summed E-state index contributed by atoms with van der Waals surface area (Å²) in [6, 6.07) is 0. The Balaban J connectivity index is 1.51. The van der Waals surface area contributed by atoms with Crippen LogP contribution < -0.4 is 9.64 Å². The molecule has 1 aliphatic heterocycles. The largest absolute Gasteiger partial charge is 0.478 e. The lowest BCUT2D eigenvalue weighted by Gasteiger charge is -2.33. The van der Waals surface area contributed by atoms with Crippen molar-refractivity contribution in [2.24, 2.45) is 13.0 Å². The molecule has 2 aromatic heterocycles. The van der Waals surface area contributed by atoms with Crippen LogP contribution in [0.25, 0.3) is 0 Å². The molecule has 0 atom stereocenters. The standard InChI is InChI=1S/C17H27N7O/c1-13-20-21-15(23(13)3)12-24-9-5-14(6-10-24)11-22(2)16-17(25-4)19-8-7-18-16/h7-8,14H,5-6,9-12H2,1-4H3. The summed E-state index contributed by atoms with van der Waals surface area (Å²) in [4.78, 5) is 13.3. The molecule has 0 aromatic carbocycles. The van der Waals surface area contributed by atoms with Crippen molar-refractivity contribution in [3.05, 3.63) is 24.0 Å². The van der Waals surface area contributed by atoms with Crippen LogP contribution in [0.2, 0.25) is 0 Å². The number of hydrogen-bond donors (Lipinski definition) is 0. The van der Waals surface area contributed by atoms with Gasteiger partial charge in [0.05, 0.1) is 13.7 Å². The second kappa shape index (κ2) is 7.77. The normalized spacial score (nSPS) is 16.2. The molecule has 2 aromatic rings. The predicted octanol–water partition coefficient (Wildman–Crippen LogP) is 1.27. The highest BCUT2D eigenvalue weighted by molar-refractivity contribution is 5.46. The molecule has 8 heteroatoms. The second-order valence-corrected chi connectivity index (χ2v) is 6.71. The average molecular weight is 345 g/mol. The number of likely N-dealkylation sites (tertiary alicyclic amines) is 1. The Morgan fingerprint density at radius 2 is 1.92 bits per heavy atom. The number of aryl methyl sites for hydroxylation is 1. The molecule has 1 saturated heterocycles. The molecule has 0 amide bonds. The van der Waals surface area contributed by atoms with Crippen molar-refractivity contribution < 1.29 is 4.74 Å². The van der Waals surface area contributed by atoms with E-state index in [4.69, 9.17) is 4.74 Å². The minimum absolute atomic E-state index is 0.583. The summed E-state index contributed by atoms with van der Waals surface area (Å²) in [5, 5.41) is 8.41. The van der Waals surface area contributed by atoms with Crippen LogP contribution in [0.5, 0.6) is 5.88 Å². The molecule has 0 radical (unpaired) electrons. The van der Waals surface area contributed by atoms with Crippen LogP contribution >= 0.6 is 0 Å². The predicted molar refractivity (Wildman–Crippen MR) is 95.6 cm³/mol. The lowest BCUT2D eigenvalue weighted by atomic mass is 9.96. The van der Waals surface area contributed by atoms with E-state index in [1.165, 1.54) is 12.8 Å². The Kier molecular flexibility index (Phi) is 5.47. The first-order valence-corrected chi connectivity index (χ1v) is 8.71. The van der Waals surface area contributed by atoms with E-state index in [1.54, 1.807) is 19.5 Å². The van der Waals surface area contributed by atoms with Crippen LogP contribution in [0.15, 0.2) is 12.4 Å². The van der Waals surface area contributed by atoms with E-state index in [0.29, 0.717) is 11.8 Å². The van der Waals surface area contributed by atoms with E-state index < -0.39 is 0 Å². The monoisotopic (exact) mass is 345 g/mol. The van der Waals surface area contributed by atoms with Crippen LogP contribution in [0, 0.1) is 12.8 Å². The number of hydrogen-bond acceptors (Lipinski definition) is 7. The number of nitrogens with zero attached hydrogens (tertiary/aromatic N) is 7. The van der Waals surface area contributed by atoms with E-state index in [9.17, 15) is 0 Å². The number of anilines is 1. The molecule has 0 aliphatic carbocycles. The molecule has 3 rings (SSSR count). The molecular formula is C17H27N7O. The SMILES string of the molecule is COc1nccnc1N(C)CC1CCN(Cc2nnc(C)n2C)CC1. The zero-order valence-corrected chi connectivity index (χ0v) is 15.5. The Labute approximate surface area is 148 Å². The minimum Gasteiger partial charge on any atom is -0.478 e. The van der Waals surface area contributed by atoms with E-state index in [1.807, 2.05) is 14.0 Å². The Morgan fingerprint density at radius 1 is 1.20 bits per heavy atom. The highest BCUT2D eigenvalue weighted by atomic mass is 16.5. The first kappa shape index (κ1) is 17.6. The smallest absolute Gasteiger partial charge is 0.257 e. The number of ether oxygens (including phenoxy) is 1. The lowest BCUT2D eigenvalue weighted by molar-refractivity contribution is 0.174. The summed E-state index contributed by atoms with van der Waals surface area (Å²) in [7, 11) is 5.72. The molecule has 0 saturated carbocycles. The zero-order chi connectivity index (χ0) is 17.8. The molecule has 1 aliphatic rings. The maximum Gasteiger partial charge on any atom is 0.257 e. The van der Waals surface area contributed by atoms with Crippen molar-refractivity contribution in [3.8, 4) is 5.88 Å². The highest BCUT2D eigenvalue weighted by Crippen LogP contribution is 2.25. The maximum absolute atomic E-state index is 5.31. The van der Waals surface area contributed by atoms with Gasteiger partial charge in [0, 0.05) is 33.0 Å². The Morgan fingerprint density at radius 3 is 2.56 bits per heavy atom. The summed E-state index contributed by atoms with van der Waals surface area (Å²) in [5.74, 6) is 4.04. The fourth-order valence-electron chi connectivity index (χ4n) is 3.31. The van der Waals surface area contributed by atoms with E-state index in [0.717, 1.165) is 43.6 Å². The van der Waals surface area contributed by atoms with Crippen LogP contribution in [0.1, 0.15) is 24.5 Å². The third-order valence-electron chi connectivity index (χ3n) is 4.99. The Bertz CT molecular complexity index is 694. The number of piperidine rings is 1. The molecule has 3 heterocycles. The molecule has 0 unspecified atom stereocenters. The van der Waals surface area contributed by atoms with Crippen molar-refractivity contribution in [3.63, 3.8) is 0 Å². The topological polar surface area (TPSA) is 72.2 Å². The molecule has 8 nitrogen and oxygen atoms in total. The Hall–Kier alpha value is -2.22. The van der Waals surface area contributed by atoms with E-state index in [2.05, 4.69) is 41.6 Å².